The fourth-order valence-corrected chi connectivity index (χ4v) is 3.90. The summed E-state index contributed by atoms with van der Waals surface area (Å²) in [5, 5.41) is 10.5. The minimum absolute atomic E-state index is 0.0668. The minimum atomic E-state index is -0.0796. The molecule has 0 aliphatic carbocycles. The molecule has 0 bridgehead atoms. The highest BCUT2D eigenvalue weighted by molar-refractivity contribution is 5.33. The molecule has 0 spiro atoms. The Morgan fingerprint density at radius 1 is 0.643 bits per heavy atom. The topological polar surface area (TPSA) is 23.5 Å². The molecular formula is C26H31NO. The van der Waals surface area contributed by atoms with Gasteiger partial charge in [-0.3, -0.25) is 4.90 Å². The number of aliphatic hydroxyl groups is 1. The third-order valence-corrected chi connectivity index (χ3v) is 5.68. The molecule has 0 saturated heterocycles. The monoisotopic (exact) mass is 373 g/mol. The van der Waals surface area contributed by atoms with Gasteiger partial charge in [-0.25, -0.2) is 0 Å². The molecule has 0 fully saturated rings. The second-order valence-corrected chi connectivity index (χ2v) is 7.76. The van der Waals surface area contributed by atoms with Gasteiger partial charge in [-0.05, 0) is 29.5 Å². The zero-order valence-corrected chi connectivity index (χ0v) is 17.1. The highest BCUT2D eigenvalue weighted by Crippen LogP contribution is 2.38. The summed E-state index contributed by atoms with van der Waals surface area (Å²) in [4.78, 5) is 2.49. The lowest BCUT2D eigenvalue weighted by Gasteiger charge is -2.44. The fraction of sp³-hybridized carbons (Fsp3) is 0.308. The molecule has 3 aromatic rings. The van der Waals surface area contributed by atoms with Gasteiger partial charge in [-0.2, -0.15) is 0 Å². The van der Waals surface area contributed by atoms with Gasteiger partial charge in [0.05, 0.1) is 18.7 Å². The van der Waals surface area contributed by atoms with Gasteiger partial charge in [0.25, 0.3) is 0 Å². The Hall–Kier alpha value is -2.42. The average Bonchev–Trinajstić information content (AvgIpc) is 2.75. The van der Waals surface area contributed by atoms with Crippen molar-refractivity contribution in [3.05, 3.63) is 108 Å². The molecule has 3 rings (SSSR count). The van der Waals surface area contributed by atoms with Crippen LogP contribution in [0.4, 0.5) is 0 Å². The first-order chi connectivity index (χ1) is 13.6. The van der Waals surface area contributed by atoms with E-state index >= 15 is 0 Å². The summed E-state index contributed by atoms with van der Waals surface area (Å²) in [5.74, 6) is 0.452. The van der Waals surface area contributed by atoms with Crippen LogP contribution in [0.1, 0.15) is 49.5 Å². The molecule has 146 valence electrons. The zero-order valence-electron chi connectivity index (χ0n) is 17.1. The van der Waals surface area contributed by atoms with Gasteiger partial charge < -0.3 is 5.11 Å². The molecule has 0 aliphatic heterocycles. The summed E-state index contributed by atoms with van der Waals surface area (Å²) in [6.07, 6.45) is 0. The first-order valence-corrected chi connectivity index (χ1v) is 10.2. The zero-order chi connectivity index (χ0) is 19.9. The van der Waals surface area contributed by atoms with Crippen LogP contribution in [0, 0.1) is 5.92 Å². The van der Waals surface area contributed by atoms with Crippen LogP contribution >= 0.6 is 0 Å². The number of aliphatic hydroxyl groups excluding tert-OH is 1. The van der Waals surface area contributed by atoms with Crippen molar-refractivity contribution in [1.82, 2.24) is 4.90 Å². The molecule has 28 heavy (non-hydrogen) atoms. The van der Waals surface area contributed by atoms with Crippen LogP contribution in [-0.4, -0.2) is 22.7 Å². The van der Waals surface area contributed by atoms with Crippen molar-refractivity contribution in [2.24, 2.45) is 5.92 Å². The summed E-state index contributed by atoms with van der Waals surface area (Å²) in [6.45, 7) is 6.86. The Labute approximate surface area is 169 Å². The lowest BCUT2D eigenvalue weighted by Crippen LogP contribution is -2.44. The van der Waals surface area contributed by atoms with E-state index in [1.54, 1.807) is 0 Å². The quantitative estimate of drug-likeness (QED) is 0.535. The summed E-state index contributed by atoms with van der Waals surface area (Å²) in [6, 6.07) is 31.9. The van der Waals surface area contributed by atoms with Crippen molar-refractivity contribution in [2.75, 3.05) is 6.61 Å². The van der Waals surface area contributed by atoms with E-state index in [4.69, 9.17) is 0 Å². The molecule has 0 amide bonds. The Morgan fingerprint density at radius 3 is 1.39 bits per heavy atom. The fourth-order valence-electron chi connectivity index (χ4n) is 3.90. The maximum absolute atomic E-state index is 10.5. The maximum atomic E-state index is 10.5. The van der Waals surface area contributed by atoms with E-state index in [9.17, 15) is 5.11 Å². The smallest absolute Gasteiger partial charge is 0.0629 e. The Kier molecular flexibility index (Phi) is 7.02. The van der Waals surface area contributed by atoms with Gasteiger partial charge in [-0.15, -0.1) is 0 Å². The molecule has 0 saturated carbocycles. The van der Waals surface area contributed by atoms with E-state index in [2.05, 4.69) is 111 Å². The van der Waals surface area contributed by atoms with Crippen LogP contribution in [-0.2, 0) is 0 Å². The largest absolute Gasteiger partial charge is 0.394 e. The van der Waals surface area contributed by atoms with Crippen molar-refractivity contribution < 1.29 is 5.11 Å². The van der Waals surface area contributed by atoms with E-state index in [1.807, 2.05) is 6.07 Å². The second kappa shape index (κ2) is 9.68. The van der Waals surface area contributed by atoms with Crippen molar-refractivity contribution >= 4 is 0 Å². The molecule has 0 heterocycles. The van der Waals surface area contributed by atoms with E-state index in [0.29, 0.717) is 5.92 Å². The molecule has 2 atom stereocenters. The Balaban J connectivity index is 2.17. The normalized spacial score (nSPS) is 13.8. The first kappa shape index (κ1) is 20.3. The predicted octanol–water partition coefficient (Wildman–Crippen LogP) is 5.86. The molecule has 1 N–H and O–H groups in total. The molecular weight excluding hydrogens is 342 g/mol. The summed E-state index contributed by atoms with van der Waals surface area (Å²) in [7, 11) is 0. The number of hydrogen-bond donors (Lipinski definition) is 1. The molecule has 0 aliphatic rings. The van der Waals surface area contributed by atoms with Gasteiger partial charge in [-0.1, -0.05) is 105 Å². The maximum Gasteiger partial charge on any atom is 0.0629 e. The SMILES string of the molecule is CC(C)[C@@H](C)N(C(c1ccccc1)c1ccccc1)[C@@H](CO)c1ccccc1. The van der Waals surface area contributed by atoms with E-state index in [-0.39, 0.29) is 24.7 Å². The van der Waals surface area contributed by atoms with Gasteiger partial charge in [0.1, 0.15) is 0 Å². The summed E-state index contributed by atoms with van der Waals surface area (Å²) >= 11 is 0. The summed E-state index contributed by atoms with van der Waals surface area (Å²) < 4.78 is 0. The second-order valence-electron chi connectivity index (χ2n) is 7.76. The standard InChI is InChI=1S/C26H31NO/c1-20(2)21(3)27(25(19-28)22-13-7-4-8-14-22)26(23-15-9-5-10-16-23)24-17-11-6-12-18-24/h4-18,20-21,25-26,28H,19H2,1-3H3/t21-,25+/m1/s1. The van der Waals surface area contributed by atoms with Gasteiger partial charge >= 0.3 is 0 Å². The van der Waals surface area contributed by atoms with Crippen molar-refractivity contribution in [3.8, 4) is 0 Å². The third kappa shape index (κ3) is 4.52. The number of hydrogen-bond acceptors (Lipinski definition) is 2. The number of rotatable bonds is 8. The predicted molar refractivity (Wildman–Crippen MR) is 117 cm³/mol. The molecule has 2 heteroatoms. The first-order valence-electron chi connectivity index (χ1n) is 10.2. The van der Waals surface area contributed by atoms with E-state index in [1.165, 1.54) is 11.1 Å². The van der Waals surface area contributed by atoms with Crippen molar-refractivity contribution in [3.63, 3.8) is 0 Å². The van der Waals surface area contributed by atoms with Gasteiger partial charge in [0.15, 0.2) is 0 Å². The van der Waals surface area contributed by atoms with E-state index < -0.39 is 0 Å². The van der Waals surface area contributed by atoms with Crippen LogP contribution < -0.4 is 0 Å². The molecule has 3 aromatic carbocycles. The molecule has 0 aromatic heterocycles. The van der Waals surface area contributed by atoms with Crippen LogP contribution in [0.5, 0.6) is 0 Å². The molecule has 0 unspecified atom stereocenters. The lowest BCUT2D eigenvalue weighted by atomic mass is 9.90. The van der Waals surface area contributed by atoms with E-state index in [0.717, 1.165) is 5.56 Å². The third-order valence-electron chi connectivity index (χ3n) is 5.68. The number of benzene rings is 3. The van der Waals surface area contributed by atoms with Crippen molar-refractivity contribution in [2.45, 2.75) is 38.9 Å². The highest BCUT2D eigenvalue weighted by atomic mass is 16.3. The van der Waals surface area contributed by atoms with Gasteiger partial charge in [0, 0.05) is 6.04 Å². The van der Waals surface area contributed by atoms with Crippen LogP contribution in [0.3, 0.4) is 0 Å². The van der Waals surface area contributed by atoms with Crippen LogP contribution in [0.15, 0.2) is 91.0 Å². The Bertz CT molecular complexity index is 777. The Morgan fingerprint density at radius 2 is 1.04 bits per heavy atom. The molecule has 2 nitrogen and oxygen atoms in total. The van der Waals surface area contributed by atoms with Crippen LogP contribution in [0.25, 0.3) is 0 Å². The average molecular weight is 374 g/mol. The lowest BCUT2D eigenvalue weighted by molar-refractivity contribution is 0.0424. The summed E-state index contributed by atoms with van der Waals surface area (Å²) in [5.41, 5.74) is 3.64. The highest BCUT2D eigenvalue weighted by Gasteiger charge is 2.34. The molecule has 0 radical (unpaired) electrons. The van der Waals surface area contributed by atoms with Crippen LogP contribution in [0.2, 0.25) is 0 Å². The minimum Gasteiger partial charge on any atom is -0.394 e. The van der Waals surface area contributed by atoms with Crippen molar-refractivity contribution in [1.29, 1.82) is 0 Å². The van der Waals surface area contributed by atoms with Gasteiger partial charge in [0.2, 0.25) is 0 Å². The number of nitrogens with zero attached hydrogens (tertiary/aromatic N) is 1.